The van der Waals surface area contributed by atoms with Crippen molar-refractivity contribution in [2.24, 2.45) is 5.73 Å². The quantitative estimate of drug-likeness (QED) is 0.0560. The Hall–Kier alpha value is -12.0. The number of phenolic OH excluding ortho intramolecular Hbond substituents is 4. The largest absolute Gasteiger partial charge is 0.507 e. The van der Waals surface area contributed by atoms with Crippen molar-refractivity contribution in [3.05, 3.63) is 282 Å². The third kappa shape index (κ3) is 16.1. The Labute approximate surface area is 513 Å². The Morgan fingerprint density at radius 2 is 0.618 bits per heavy atom. The highest BCUT2D eigenvalue weighted by molar-refractivity contribution is 6.11. The molecular formula is C74H63N5O10. The molecule has 15 heteroatoms. The number of nitrogens with two attached hydrogens (primary N) is 1. The smallest absolute Gasteiger partial charge is 0.259 e. The summed E-state index contributed by atoms with van der Waals surface area (Å²) in [4.78, 5) is 60.4. The van der Waals surface area contributed by atoms with Gasteiger partial charge in [0.05, 0.1) is 28.9 Å². The molecule has 0 saturated carbocycles. The molecule has 0 heterocycles. The van der Waals surface area contributed by atoms with Crippen molar-refractivity contribution < 1.29 is 49.1 Å². The van der Waals surface area contributed by atoms with Gasteiger partial charge in [0.2, 0.25) is 5.91 Å². The fraction of sp³-hybridized carbons (Fsp3) is 0.0676. The molecule has 89 heavy (non-hydrogen) atoms. The second-order valence-electron chi connectivity index (χ2n) is 20.5. The van der Waals surface area contributed by atoms with Gasteiger partial charge in [0.1, 0.15) is 28.7 Å². The molecule has 444 valence electrons. The number of benzene rings is 12. The number of aromatic hydroxyl groups is 4. The first-order valence-corrected chi connectivity index (χ1v) is 28.4. The summed E-state index contributed by atoms with van der Waals surface area (Å²) in [5, 5.41) is 58.5. The number of anilines is 4. The Morgan fingerprint density at radius 1 is 0.360 bits per heavy atom. The van der Waals surface area contributed by atoms with Gasteiger partial charge in [-0.3, -0.25) is 24.0 Å². The van der Waals surface area contributed by atoms with Crippen LogP contribution in [0.2, 0.25) is 0 Å². The van der Waals surface area contributed by atoms with Gasteiger partial charge >= 0.3 is 0 Å². The highest BCUT2D eigenvalue weighted by Gasteiger charge is 2.17. The first-order valence-electron chi connectivity index (χ1n) is 28.4. The van der Waals surface area contributed by atoms with E-state index < -0.39 is 11.8 Å². The summed E-state index contributed by atoms with van der Waals surface area (Å²) in [5.74, 6) is -1.34. The highest BCUT2D eigenvalue weighted by Crippen LogP contribution is 2.30. The normalized spacial score (nSPS) is 10.5. The summed E-state index contributed by atoms with van der Waals surface area (Å²) >= 11 is 0. The lowest BCUT2D eigenvalue weighted by atomic mass is 10.1. The van der Waals surface area contributed by atoms with Crippen LogP contribution in [-0.4, -0.2) is 56.6 Å². The van der Waals surface area contributed by atoms with Crippen molar-refractivity contribution in [2.75, 3.05) is 27.9 Å². The van der Waals surface area contributed by atoms with Gasteiger partial charge in [-0.2, -0.15) is 0 Å². The van der Waals surface area contributed by atoms with Gasteiger partial charge in [-0.25, -0.2) is 0 Å². The van der Waals surface area contributed by atoms with Crippen LogP contribution in [0.15, 0.2) is 243 Å². The molecular weight excluding hydrogens is 1120 g/mol. The molecule has 0 atom stereocenters. The van der Waals surface area contributed by atoms with Gasteiger partial charge in [-0.05, 0) is 190 Å². The number of carbonyl (C=O) groups is 5. The number of fused-ring (bicyclic) bond motifs is 4. The third-order valence-electron chi connectivity index (χ3n) is 14.2. The van der Waals surface area contributed by atoms with E-state index in [1.54, 1.807) is 84.9 Å². The maximum atomic E-state index is 12.4. The predicted octanol–water partition coefficient (Wildman–Crippen LogP) is 15.6. The minimum Gasteiger partial charge on any atom is -0.507 e. The molecule has 0 unspecified atom stereocenters. The fourth-order valence-electron chi connectivity index (χ4n) is 9.41. The molecule has 10 N–H and O–H groups in total. The predicted molar refractivity (Wildman–Crippen MR) is 354 cm³/mol. The molecule has 5 amide bonds. The number of carbonyl (C=O) groups excluding carboxylic acids is 5. The van der Waals surface area contributed by atoms with Crippen molar-refractivity contribution in [1.82, 2.24) is 0 Å². The maximum absolute atomic E-state index is 12.4. The average molecular weight is 1180 g/mol. The number of rotatable bonds is 12. The molecule has 12 aromatic carbocycles. The Balaban J connectivity index is 0.000000141. The van der Waals surface area contributed by atoms with Crippen LogP contribution in [0.4, 0.5) is 22.7 Å². The molecule has 0 aliphatic heterocycles. The number of primary amides is 1. The van der Waals surface area contributed by atoms with Gasteiger partial charge < -0.3 is 52.2 Å². The van der Waals surface area contributed by atoms with Crippen molar-refractivity contribution in [2.45, 2.75) is 27.2 Å². The molecule has 0 bridgehead atoms. The van der Waals surface area contributed by atoms with Crippen molar-refractivity contribution in [3.8, 4) is 28.7 Å². The van der Waals surface area contributed by atoms with Crippen LogP contribution in [-0.2, 0) is 6.42 Å². The Kier molecular flexibility index (Phi) is 19.9. The van der Waals surface area contributed by atoms with Crippen molar-refractivity contribution >= 4 is 95.4 Å². The van der Waals surface area contributed by atoms with Gasteiger partial charge in [0.25, 0.3) is 23.6 Å². The lowest BCUT2D eigenvalue weighted by Crippen LogP contribution is -2.13. The zero-order valence-corrected chi connectivity index (χ0v) is 48.8. The van der Waals surface area contributed by atoms with E-state index in [2.05, 4.69) is 28.2 Å². The van der Waals surface area contributed by atoms with Crippen LogP contribution in [0.5, 0.6) is 28.7 Å². The zero-order chi connectivity index (χ0) is 63.0. The number of aryl methyl sites for hydroxylation is 2. The Morgan fingerprint density at radius 3 is 0.888 bits per heavy atom. The summed E-state index contributed by atoms with van der Waals surface area (Å²) in [7, 11) is 0. The van der Waals surface area contributed by atoms with E-state index >= 15 is 0 Å². The van der Waals surface area contributed by atoms with Gasteiger partial charge in [0, 0.05) is 28.3 Å². The van der Waals surface area contributed by atoms with E-state index in [1.807, 2.05) is 159 Å². The highest BCUT2D eigenvalue weighted by atomic mass is 16.5. The van der Waals surface area contributed by atoms with E-state index in [9.17, 15) is 44.4 Å². The number of nitrogens with one attached hydrogen (secondary N) is 4. The molecule has 12 aromatic rings. The molecule has 0 fully saturated rings. The summed E-state index contributed by atoms with van der Waals surface area (Å²) < 4.78 is 5.37. The van der Waals surface area contributed by atoms with Gasteiger partial charge in [-0.15, -0.1) is 0 Å². The number of hydrogen-bond acceptors (Lipinski definition) is 10. The van der Waals surface area contributed by atoms with E-state index in [0.717, 1.165) is 66.5 Å². The lowest BCUT2D eigenvalue weighted by molar-refractivity contribution is 0.0995. The molecule has 0 aliphatic carbocycles. The van der Waals surface area contributed by atoms with Crippen LogP contribution in [0, 0.1) is 6.92 Å². The van der Waals surface area contributed by atoms with Crippen LogP contribution < -0.4 is 31.7 Å². The molecule has 0 aliphatic rings. The molecule has 0 saturated heterocycles. The van der Waals surface area contributed by atoms with Crippen LogP contribution in [0.25, 0.3) is 43.1 Å². The van der Waals surface area contributed by atoms with Gasteiger partial charge in [0.15, 0.2) is 0 Å². The first kappa shape index (κ1) is 61.6. The zero-order valence-electron chi connectivity index (χ0n) is 48.8. The summed E-state index contributed by atoms with van der Waals surface area (Å²) in [5.41, 5.74) is 11.4. The number of phenols is 4. The number of amides is 5. The molecule has 0 radical (unpaired) electrons. The molecule has 15 nitrogen and oxygen atoms in total. The number of ether oxygens (including phenoxy) is 1. The van der Waals surface area contributed by atoms with Crippen molar-refractivity contribution in [1.29, 1.82) is 0 Å². The first-order chi connectivity index (χ1) is 43.0. The van der Waals surface area contributed by atoms with Crippen LogP contribution >= 0.6 is 0 Å². The lowest BCUT2D eigenvalue weighted by Gasteiger charge is -2.09. The minimum atomic E-state index is -0.532. The fourth-order valence-corrected chi connectivity index (χ4v) is 9.41. The van der Waals surface area contributed by atoms with Gasteiger partial charge in [-0.1, -0.05) is 134 Å². The summed E-state index contributed by atoms with van der Waals surface area (Å²) in [6.07, 6.45) is 0.958. The third-order valence-corrected chi connectivity index (χ3v) is 14.2. The topological polar surface area (TPSA) is 250 Å². The minimum absolute atomic E-state index is 0.0126. The maximum Gasteiger partial charge on any atom is 0.259 e. The van der Waals surface area contributed by atoms with E-state index in [0.29, 0.717) is 29.2 Å². The Bertz CT molecular complexity index is 4530. The van der Waals surface area contributed by atoms with Crippen LogP contribution in [0.1, 0.15) is 76.8 Å². The molecule has 12 rings (SSSR count). The van der Waals surface area contributed by atoms with Crippen molar-refractivity contribution in [3.63, 3.8) is 0 Å². The summed E-state index contributed by atoms with van der Waals surface area (Å²) in [6.45, 7) is 6.58. The van der Waals surface area contributed by atoms with Crippen LogP contribution in [0.3, 0.4) is 0 Å². The van der Waals surface area contributed by atoms with E-state index in [-0.39, 0.29) is 63.0 Å². The van der Waals surface area contributed by atoms with E-state index in [1.165, 1.54) is 17.7 Å². The second-order valence-corrected chi connectivity index (χ2v) is 20.5. The number of hydrogen-bond donors (Lipinski definition) is 9. The molecule has 0 aromatic heterocycles. The average Bonchev–Trinajstić information content (AvgIpc) is 1.61. The molecule has 0 spiro atoms. The summed E-state index contributed by atoms with van der Waals surface area (Å²) in [6, 6.07) is 72.0. The van der Waals surface area contributed by atoms with E-state index in [4.69, 9.17) is 10.5 Å². The standard InChI is InChI=1S/C19H17NO3.C19H17NO2.C18H14N2O3.C18H15NO2/c1-2-23-16-9-7-15(8-10-16)20-19(22)17-11-13-5-3-4-6-14(13)12-18(17)21;1-2-13-7-9-16(10-8-13)20-19(22)17-11-14-5-3-4-6-15(14)12-18(17)21;19-17(22)11-5-7-14(8-6-11)20-18(23)15-9-12-3-1-2-4-13(12)10-16(15)21;1-12-6-8-15(9-7-12)19-18(21)16-10-13-4-2-3-5-14(13)11-17(16)20/h3-12,21H,2H2,1H3,(H,20,22);3-12,21H,2H2,1H3,(H,20,22);1-10,21H,(H2,19,22)(H,20,23);2-11,20H,1H3,(H,19,21). The monoisotopic (exact) mass is 1180 g/mol. The SMILES string of the molecule is CCOc1ccc(NC(=O)c2cc3ccccc3cc2O)cc1.CCc1ccc(NC(=O)c2cc3ccccc3cc2O)cc1.Cc1ccc(NC(=O)c2cc3ccccc3cc2O)cc1.NC(=O)c1ccc(NC(=O)c2cc3ccccc3cc2O)cc1. The second kappa shape index (κ2) is 28.7.